The number of aromatic nitrogens is 1. The largest absolute Gasteiger partial charge is 0.508 e. The van der Waals surface area contributed by atoms with Gasteiger partial charge in [-0.1, -0.05) is 18.2 Å². The number of hydrogen-bond donors (Lipinski definition) is 2. The second kappa shape index (κ2) is 4.90. The molecule has 0 unspecified atom stereocenters. The van der Waals surface area contributed by atoms with Crippen molar-refractivity contribution in [3.63, 3.8) is 0 Å². The van der Waals surface area contributed by atoms with Gasteiger partial charge in [-0.3, -0.25) is 4.98 Å². The highest BCUT2D eigenvalue weighted by atomic mass is 16.4. The number of benzene rings is 2. The molecule has 2 aromatic carbocycles. The van der Waals surface area contributed by atoms with E-state index < -0.39 is 5.97 Å². The number of phenols is 1. The highest BCUT2D eigenvalue weighted by Crippen LogP contribution is 2.32. The van der Waals surface area contributed by atoms with Crippen molar-refractivity contribution in [1.29, 1.82) is 0 Å². The summed E-state index contributed by atoms with van der Waals surface area (Å²) in [6.45, 7) is 1.98. The summed E-state index contributed by atoms with van der Waals surface area (Å²) in [6, 6.07) is 12.0. The van der Waals surface area contributed by atoms with Gasteiger partial charge in [0.15, 0.2) is 0 Å². The van der Waals surface area contributed by atoms with Crippen molar-refractivity contribution in [2.24, 2.45) is 0 Å². The molecule has 104 valence electrons. The summed E-state index contributed by atoms with van der Waals surface area (Å²) >= 11 is 0. The van der Waals surface area contributed by atoms with Crippen LogP contribution in [0.4, 0.5) is 0 Å². The van der Waals surface area contributed by atoms with Crippen LogP contribution >= 0.6 is 0 Å². The minimum absolute atomic E-state index is 0.0580. The van der Waals surface area contributed by atoms with Crippen LogP contribution in [-0.4, -0.2) is 21.2 Å². The average molecular weight is 279 g/mol. The summed E-state index contributed by atoms with van der Waals surface area (Å²) in [5, 5.41) is 19.8. The molecule has 0 saturated carbocycles. The Bertz CT molecular complexity index is 856. The summed E-state index contributed by atoms with van der Waals surface area (Å²) in [5.41, 5.74) is 3.48. The maximum Gasteiger partial charge on any atom is 0.335 e. The van der Waals surface area contributed by atoms with Crippen molar-refractivity contribution in [2.45, 2.75) is 6.92 Å². The second-order valence-electron chi connectivity index (χ2n) is 4.90. The fourth-order valence-corrected chi connectivity index (χ4v) is 2.46. The van der Waals surface area contributed by atoms with Crippen molar-refractivity contribution in [3.8, 4) is 16.9 Å². The number of carboxylic acids is 1. The van der Waals surface area contributed by atoms with Gasteiger partial charge < -0.3 is 10.2 Å². The van der Waals surface area contributed by atoms with Crippen molar-refractivity contribution >= 4 is 16.9 Å². The van der Waals surface area contributed by atoms with Crippen LogP contribution in [0.3, 0.4) is 0 Å². The molecule has 0 radical (unpaired) electrons. The van der Waals surface area contributed by atoms with E-state index in [0.717, 1.165) is 22.0 Å². The first-order valence-electron chi connectivity index (χ1n) is 6.48. The topological polar surface area (TPSA) is 70.4 Å². The van der Waals surface area contributed by atoms with Crippen molar-refractivity contribution in [2.75, 3.05) is 0 Å². The first-order chi connectivity index (χ1) is 10.1. The Morgan fingerprint density at radius 1 is 1.14 bits per heavy atom. The van der Waals surface area contributed by atoms with Crippen LogP contribution in [0.5, 0.6) is 5.75 Å². The van der Waals surface area contributed by atoms with Crippen molar-refractivity contribution < 1.29 is 15.0 Å². The van der Waals surface area contributed by atoms with E-state index in [4.69, 9.17) is 5.11 Å². The molecule has 21 heavy (non-hydrogen) atoms. The van der Waals surface area contributed by atoms with Gasteiger partial charge in [-0.2, -0.15) is 0 Å². The van der Waals surface area contributed by atoms with E-state index >= 15 is 0 Å². The molecule has 4 nitrogen and oxygen atoms in total. The number of hydrogen-bond acceptors (Lipinski definition) is 3. The van der Waals surface area contributed by atoms with Gasteiger partial charge >= 0.3 is 5.97 Å². The minimum atomic E-state index is -1.07. The molecule has 0 bridgehead atoms. The van der Waals surface area contributed by atoms with E-state index in [0.29, 0.717) is 5.56 Å². The van der Waals surface area contributed by atoms with Crippen LogP contribution in [0.25, 0.3) is 22.0 Å². The van der Waals surface area contributed by atoms with Gasteiger partial charge in [-0.05, 0) is 47.9 Å². The molecule has 1 heterocycles. The number of fused-ring (bicyclic) bond motifs is 1. The molecular weight excluding hydrogens is 266 g/mol. The van der Waals surface area contributed by atoms with Crippen LogP contribution in [0.15, 0.2) is 48.7 Å². The number of nitrogens with zero attached hydrogens (tertiary/aromatic N) is 1. The molecular formula is C17H13NO3. The lowest BCUT2D eigenvalue weighted by Crippen LogP contribution is -1.96. The van der Waals surface area contributed by atoms with Crippen LogP contribution in [0.2, 0.25) is 0 Å². The summed E-state index contributed by atoms with van der Waals surface area (Å²) < 4.78 is 0. The van der Waals surface area contributed by atoms with Gasteiger partial charge in [0.25, 0.3) is 0 Å². The third-order valence-corrected chi connectivity index (χ3v) is 3.45. The highest BCUT2D eigenvalue weighted by molar-refractivity contribution is 5.98. The molecule has 0 aliphatic rings. The zero-order valence-corrected chi connectivity index (χ0v) is 11.4. The molecule has 0 aliphatic carbocycles. The molecule has 2 N–H and O–H groups in total. The van der Waals surface area contributed by atoms with Gasteiger partial charge in [0.2, 0.25) is 0 Å². The molecule has 1 aromatic heterocycles. The molecule has 0 saturated heterocycles. The normalized spacial score (nSPS) is 10.7. The van der Waals surface area contributed by atoms with Crippen molar-refractivity contribution in [3.05, 3.63) is 59.8 Å². The van der Waals surface area contributed by atoms with E-state index in [1.807, 2.05) is 31.2 Å². The van der Waals surface area contributed by atoms with Crippen LogP contribution < -0.4 is 0 Å². The lowest BCUT2D eigenvalue weighted by atomic mass is 9.97. The second-order valence-corrected chi connectivity index (χ2v) is 4.90. The van der Waals surface area contributed by atoms with Crippen molar-refractivity contribution in [1.82, 2.24) is 4.98 Å². The number of phenolic OH excluding ortho intramolecular Hbond substituents is 1. The highest BCUT2D eigenvalue weighted by Gasteiger charge is 2.11. The third kappa shape index (κ3) is 2.31. The molecule has 0 fully saturated rings. The Kier molecular flexibility index (Phi) is 3.06. The molecule has 0 aliphatic heterocycles. The molecule has 3 rings (SSSR count). The number of aromatic carboxylic acids is 1. The maximum atomic E-state index is 11.1. The number of rotatable bonds is 2. The van der Waals surface area contributed by atoms with E-state index in [-0.39, 0.29) is 11.3 Å². The number of carboxylic acid groups (broad SMARTS) is 1. The quantitative estimate of drug-likeness (QED) is 0.751. The van der Waals surface area contributed by atoms with Crippen LogP contribution in [0.1, 0.15) is 15.9 Å². The molecule has 0 spiro atoms. The van der Waals surface area contributed by atoms with Gasteiger partial charge in [0, 0.05) is 11.6 Å². The Morgan fingerprint density at radius 2 is 1.95 bits per heavy atom. The first-order valence-corrected chi connectivity index (χ1v) is 6.48. The lowest BCUT2D eigenvalue weighted by molar-refractivity contribution is 0.0696. The smallest absolute Gasteiger partial charge is 0.335 e. The Hall–Kier alpha value is -2.88. The van der Waals surface area contributed by atoms with Gasteiger partial charge in [-0.15, -0.1) is 0 Å². The van der Waals surface area contributed by atoms with Crippen LogP contribution in [-0.2, 0) is 0 Å². The van der Waals surface area contributed by atoms with E-state index in [2.05, 4.69) is 4.98 Å². The number of carbonyl (C=O) groups is 1. The Morgan fingerprint density at radius 3 is 2.71 bits per heavy atom. The summed E-state index contributed by atoms with van der Waals surface area (Å²) in [5.74, 6) is -1.13. The predicted octanol–water partition coefficient (Wildman–Crippen LogP) is 3.61. The fraction of sp³-hybridized carbons (Fsp3) is 0.0588. The summed E-state index contributed by atoms with van der Waals surface area (Å²) in [4.78, 5) is 15.5. The van der Waals surface area contributed by atoms with Gasteiger partial charge in [0.1, 0.15) is 5.75 Å². The zero-order chi connectivity index (χ0) is 15.0. The van der Waals surface area contributed by atoms with E-state index in [9.17, 15) is 9.90 Å². The summed E-state index contributed by atoms with van der Waals surface area (Å²) in [6.07, 6.45) is 1.73. The summed E-state index contributed by atoms with van der Waals surface area (Å²) in [7, 11) is 0. The lowest BCUT2D eigenvalue weighted by Gasteiger charge is -2.10. The fourth-order valence-electron chi connectivity index (χ4n) is 2.46. The van der Waals surface area contributed by atoms with Gasteiger partial charge in [-0.25, -0.2) is 4.79 Å². The first kappa shape index (κ1) is 13.1. The maximum absolute atomic E-state index is 11.1. The van der Waals surface area contributed by atoms with E-state index in [1.165, 1.54) is 6.07 Å². The standard InChI is InChI=1S/C17H13NO3/c1-10-4-5-14(15-3-2-6-18-16(10)15)11-7-12(17(20)21)9-13(19)8-11/h2-9,19H,1H3,(H,20,21). The minimum Gasteiger partial charge on any atom is -0.508 e. The third-order valence-electron chi connectivity index (χ3n) is 3.45. The predicted molar refractivity (Wildman–Crippen MR) is 80.5 cm³/mol. The molecule has 4 heteroatoms. The average Bonchev–Trinajstić information content (AvgIpc) is 2.47. The number of aryl methyl sites for hydroxylation is 1. The molecule has 0 atom stereocenters. The van der Waals surface area contributed by atoms with Crippen LogP contribution in [0, 0.1) is 6.92 Å². The Labute approximate surface area is 121 Å². The molecule has 3 aromatic rings. The van der Waals surface area contributed by atoms with E-state index in [1.54, 1.807) is 18.3 Å². The molecule has 0 amide bonds. The SMILES string of the molecule is Cc1ccc(-c2cc(O)cc(C(=O)O)c2)c2cccnc12. The number of pyridine rings is 1. The number of aromatic hydroxyl groups is 1. The van der Waals surface area contributed by atoms with Gasteiger partial charge in [0.05, 0.1) is 11.1 Å². The monoisotopic (exact) mass is 279 g/mol. The Balaban J connectivity index is 2.31. The zero-order valence-electron chi connectivity index (χ0n) is 11.4.